The van der Waals surface area contributed by atoms with Crippen LogP contribution in [0.2, 0.25) is 0 Å². The molecule has 0 radical (unpaired) electrons. The van der Waals surface area contributed by atoms with Gasteiger partial charge in [0, 0.05) is 34.0 Å². The third-order valence-electron chi connectivity index (χ3n) is 4.95. The monoisotopic (exact) mass is 431 g/mol. The van der Waals surface area contributed by atoms with Crippen molar-refractivity contribution in [2.45, 2.75) is 13.3 Å². The molecule has 0 saturated carbocycles. The molecule has 156 valence electrons. The van der Waals surface area contributed by atoms with E-state index in [1.807, 2.05) is 48.7 Å². The SMILES string of the molecule is C=CCc1c(C)nc(-c2csc(OC)c2)nc1Nc1ccc2cc(C(=O)O)ccc2c1. The highest BCUT2D eigenvalue weighted by atomic mass is 32.1. The first-order valence-corrected chi connectivity index (χ1v) is 10.5. The second kappa shape index (κ2) is 8.57. The highest BCUT2D eigenvalue weighted by Gasteiger charge is 2.14. The molecule has 0 aliphatic carbocycles. The fourth-order valence-corrected chi connectivity index (χ4v) is 4.06. The zero-order valence-corrected chi connectivity index (χ0v) is 18.0. The number of nitrogens with one attached hydrogen (secondary N) is 1. The van der Waals surface area contributed by atoms with E-state index in [1.54, 1.807) is 19.2 Å². The molecule has 0 fully saturated rings. The number of thiophene rings is 1. The fraction of sp³-hybridized carbons (Fsp3) is 0.125. The number of carboxylic acids is 1. The average molecular weight is 432 g/mol. The maximum atomic E-state index is 11.2. The lowest BCUT2D eigenvalue weighted by Crippen LogP contribution is -2.05. The number of carboxylic acid groups (broad SMARTS) is 1. The number of anilines is 2. The number of rotatable bonds is 7. The number of fused-ring (bicyclic) bond motifs is 1. The lowest BCUT2D eigenvalue weighted by atomic mass is 10.1. The predicted molar refractivity (Wildman–Crippen MR) is 125 cm³/mol. The molecule has 6 nitrogen and oxygen atoms in total. The second-order valence-corrected chi connectivity index (χ2v) is 7.89. The van der Waals surface area contributed by atoms with Crippen molar-refractivity contribution in [2.24, 2.45) is 0 Å². The highest BCUT2D eigenvalue weighted by molar-refractivity contribution is 7.12. The van der Waals surface area contributed by atoms with Crippen molar-refractivity contribution in [3.8, 4) is 16.5 Å². The molecule has 2 aromatic carbocycles. The quantitative estimate of drug-likeness (QED) is 0.357. The number of nitrogens with zero attached hydrogens (tertiary/aromatic N) is 2. The number of allylic oxidation sites excluding steroid dienone is 1. The van der Waals surface area contributed by atoms with Gasteiger partial charge in [-0.15, -0.1) is 17.9 Å². The van der Waals surface area contributed by atoms with E-state index in [2.05, 4.69) is 16.9 Å². The molecular weight excluding hydrogens is 410 g/mol. The molecule has 0 aliphatic heterocycles. The molecule has 0 aliphatic rings. The van der Waals surface area contributed by atoms with Crippen LogP contribution in [0.25, 0.3) is 22.2 Å². The number of aromatic carboxylic acids is 1. The molecule has 4 rings (SSSR count). The van der Waals surface area contributed by atoms with E-state index in [-0.39, 0.29) is 5.56 Å². The smallest absolute Gasteiger partial charge is 0.335 e. The van der Waals surface area contributed by atoms with Crippen LogP contribution in [0.1, 0.15) is 21.6 Å². The molecule has 0 spiro atoms. The summed E-state index contributed by atoms with van der Waals surface area (Å²) in [7, 11) is 1.64. The van der Waals surface area contributed by atoms with Crippen molar-refractivity contribution in [1.82, 2.24) is 9.97 Å². The zero-order valence-electron chi connectivity index (χ0n) is 17.2. The third kappa shape index (κ3) is 4.27. The van der Waals surface area contributed by atoms with Gasteiger partial charge in [-0.25, -0.2) is 14.8 Å². The summed E-state index contributed by atoms with van der Waals surface area (Å²) in [6.45, 7) is 5.82. The Balaban J connectivity index is 1.74. The molecule has 0 saturated heterocycles. The van der Waals surface area contributed by atoms with E-state index in [1.165, 1.54) is 11.3 Å². The molecule has 2 heterocycles. The lowest BCUT2D eigenvalue weighted by Gasteiger charge is -2.14. The Bertz CT molecular complexity index is 1300. The summed E-state index contributed by atoms with van der Waals surface area (Å²) < 4.78 is 5.30. The molecule has 0 amide bonds. The fourth-order valence-electron chi connectivity index (χ4n) is 3.35. The minimum absolute atomic E-state index is 0.267. The van der Waals surface area contributed by atoms with Gasteiger partial charge in [-0.3, -0.25) is 0 Å². The van der Waals surface area contributed by atoms with Crippen molar-refractivity contribution in [3.05, 3.63) is 77.3 Å². The van der Waals surface area contributed by atoms with Crippen LogP contribution in [0.15, 0.2) is 60.5 Å². The zero-order chi connectivity index (χ0) is 22.0. The van der Waals surface area contributed by atoms with Crippen LogP contribution in [0.5, 0.6) is 5.06 Å². The maximum Gasteiger partial charge on any atom is 0.335 e. The summed E-state index contributed by atoms with van der Waals surface area (Å²) >= 11 is 1.50. The molecule has 0 unspecified atom stereocenters. The van der Waals surface area contributed by atoms with E-state index in [9.17, 15) is 9.90 Å². The van der Waals surface area contributed by atoms with Crippen molar-refractivity contribution in [3.63, 3.8) is 0 Å². The van der Waals surface area contributed by atoms with E-state index in [0.29, 0.717) is 18.1 Å². The molecule has 2 N–H and O–H groups in total. The highest BCUT2D eigenvalue weighted by Crippen LogP contribution is 2.32. The molecule has 4 aromatic rings. The third-order valence-corrected chi connectivity index (χ3v) is 5.84. The summed E-state index contributed by atoms with van der Waals surface area (Å²) in [6.07, 6.45) is 2.47. The van der Waals surface area contributed by atoms with Crippen LogP contribution in [0, 0.1) is 6.92 Å². The Morgan fingerprint density at radius 2 is 1.97 bits per heavy atom. The normalized spacial score (nSPS) is 10.8. The summed E-state index contributed by atoms with van der Waals surface area (Å²) in [6, 6.07) is 12.8. The van der Waals surface area contributed by atoms with Crippen LogP contribution in [0.3, 0.4) is 0 Å². The average Bonchev–Trinajstić information content (AvgIpc) is 3.25. The first-order valence-electron chi connectivity index (χ1n) is 9.64. The van der Waals surface area contributed by atoms with Crippen molar-refractivity contribution in [2.75, 3.05) is 12.4 Å². The Hall–Kier alpha value is -3.71. The van der Waals surface area contributed by atoms with Crippen LogP contribution >= 0.6 is 11.3 Å². The summed E-state index contributed by atoms with van der Waals surface area (Å²) in [5.41, 5.74) is 3.88. The van der Waals surface area contributed by atoms with Gasteiger partial charge in [-0.05, 0) is 48.4 Å². The largest absolute Gasteiger partial charge is 0.487 e. The van der Waals surface area contributed by atoms with E-state index in [0.717, 1.165) is 38.3 Å². The molecule has 0 bridgehead atoms. The van der Waals surface area contributed by atoms with Gasteiger partial charge in [0.25, 0.3) is 0 Å². The Morgan fingerprint density at radius 1 is 1.19 bits per heavy atom. The van der Waals surface area contributed by atoms with Crippen molar-refractivity contribution in [1.29, 1.82) is 0 Å². The van der Waals surface area contributed by atoms with Gasteiger partial charge in [0.15, 0.2) is 10.9 Å². The number of carbonyl (C=O) groups is 1. The van der Waals surface area contributed by atoms with Gasteiger partial charge in [0.05, 0.1) is 12.7 Å². The van der Waals surface area contributed by atoms with Crippen LogP contribution < -0.4 is 10.1 Å². The van der Waals surface area contributed by atoms with Crippen molar-refractivity contribution < 1.29 is 14.6 Å². The first kappa shape index (κ1) is 20.6. The van der Waals surface area contributed by atoms with Crippen molar-refractivity contribution >= 4 is 39.6 Å². The van der Waals surface area contributed by atoms with Gasteiger partial charge in [-0.2, -0.15) is 0 Å². The van der Waals surface area contributed by atoms with E-state index < -0.39 is 5.97 Å². The van der Waals surface area contributed by atoms with Crippen LogP contribution in [-0.2, 0) is 6.42 Å². The molecule has 7 heteroatoms. The van der Waals surface area contributed by atoms with Gasteiger partial charge >= 0.3 is 5.97 Å². The van der Waals surface area contributed by atoms with Gasteiger partial charge in [0.1, 0.15) is 5.82 Å². The van der Waals surface area contributed by atoms with Gasteiger partial charge < -0.3 is 15.2 Å². The minimum Gasteiger partial charge on any atom is -0.487 e. The first-order chi connectivity index (χ1) is 15.0. The lowest BCUT2D eigenvalue weighted by molar-refractivity contribution is 0.0697. The second-order valence-electron chi connectivity index (χ2n) is 7.02. The number of hydrogen-bond donors (Lipinski definition) is 2. The number of benzene rings is 2. The molecule has 0 atom stereocenters. The van der Waals surface area contributed by atoms with E-state index in [4.69, 9.17) is 9.72 Å². The Kier molecular flexibility index (Phi) is 5.68. The maximum absolute atomic E-state index is 11.2. The van der Waals surface area contributed by atoms with E-state index >= 15 is 0 Å². The predicted octanol–water partition coefficient (Wildman–Crippen LogP) is 5.85. The molecule has 31 heavy (non-hydrogen) atoms. The van der Waals surface area contributed by atoms with Gasteiger partial charge in [-0.1, -0.05) is 18.2 Å². The summed E-state index contributed by atoms with van der Waals surface area (Å²) in [5.74, 6) is 0.403. The summed E-state index contributed by atoms with van der Waals surface area (Å²) in [5, 5.41) is 17.2. The number of aromatic nitrogens is 2. The molecular formula is C24H21N3O3S. The van der Waals surface area contributed by atoms with Crippen LogP contribution in [0.4, 0.5) is 11.5 Å². The number of ether oxygens (including phenoxy) is 1. The number of aryl methyl sites for hydroxylation is 1. The standard InChI is InChI=1S/C24H21N3O3S/c1-4-5-20-14(2)25-22(18-12-21(30-3)31-13-18)27-23(20)26-19-9-8-15-10-17(24(28)29)7-6-16(15)11-19/h4,6-13H,1,5H2,2-3H3,(H,28,29)(H,25,26,27). The van der Waals surface area contributed by atoms with Gasteiger partial charge in [0.2, 0.25) is 0 Å². The Morgan fingerprint density at radius 3 is 2.68 bits per heavy atom. The van der Waals surface area contributed by atoms with Crippen LogP contribution in [-0.4, -0.2) is 28.2 Å². The summed E-state index contributed by atoms with van der Waals surface area (Å²) in [4.78, 5) is 20.7. The topological polar surface area (TPSA) is 84.3 Å². The minimum atomic E-state index is -0.938. The molecule has 2 aromatic heterocycles. The number of methoxy groups -OCH3 is 1. The Labute approximate surface area is 183 Å². The number of hydrogen-bond acceptors (Lipinski definition) is 6.